The Hall–Kier alpha value is -0.570. The number of rotatable bonds is 10. The summed E-state index contributed by atoms with van der Waals surface area (Å²) in [6, 6.07) is 0.546. The molecule has 114 valence electrons. The maximum absolute atomic E-state index is 11.9. The second kappa shape index (κ2) is 10.2. The fourth-order valence-corrected chi connectivity index (χ4v) is 2.52. The summed E-state index contributed by atoms with van der Waals surface area (Å²) in [4.78, 5) is 13.8. The number of carbonyl (C=O) groups excluding carboxylic acids is 1. The Kier molecular flexibility index (Phi) is 9.94. The number of nitrogens with zero attached hydrogens (tertiary/aromatic N) is 1. The molecule has 3 nitrogen and oxygen atoms in total. The molecule has 0 aromatic rings. The molecular formula is C16H34N2O. The Morgan fingerprint density at radius 1 is 1.00 bits per heavy atom. The lowest BCUT2D eigenvalue weighted by atomic mass is 9.95. The van der Waals surface area contributed by atoms with Crippen molar-refractivity contribution in [2.75, 3.05) is 19.6 Å². The van der Waals surface area contributed by atoms with Crippen molar-refractivity contribution in [1.29, 1.82) is 0 Å². The quantitative estimate of drug-likeness (QED) is 0.660. The lowest BCUT2D eigenvalue weighted by Crippen LogP contribution is -2.37. The van der Waals surface area contributed by atoms with E-state index >= 15 is 0 Å². The molecule has 0 unspecified atom stereocenters. The second-order valence-electron chi connectivity index (χ2n) is 6.23. The van der Waals surface area contributed by atoms with E-state index in [0.717, 1.165) is 19.6 Å². The maximum atomic E-state index is 11.9. The van der Waals surface area contributed by atoms with Crippen LogP contribution in [0.1, 0.15) is 60.8 Å². The third-order valence-electron chi connectivity index (χ3n) is 3.40. The van der Waals surface area contributed by atoms with Crippen LogP contribution >= 0.6 is 0 Å². The third-order valence-corrected chi connectivity index (χ3v) is 3.40. The minimum atomic E-state index is 0.269. The summed E-state index contributed by atoms with van der Waals surface area (Å²) < 4.78 is 0. The van der Waals surface area contributed by atoms with Crippen LogP contribution in [0.2, 0.25) is 0 Å². The average molecular weight is 270 g/mol. The fraction of sp³-hybridized carbons (Fsp3) is 0.938. The molecule has 0 aromatic carbocycles. The highest BCUT2D eigenvalue weighted by molar-refractivity contribution is 5.76. The first-order valence-electron chi connectivity index (χ1n) is 7.91. The molecule has 0 heterocycles. The first-order chi connectivity index (χ1) is 8.90. The van der Waals surface area contributed by atoms with Gasteiger partial charge in [0.05, 0.1) is 0 Å². The van der Waals surface area contributed by atoms with Crippen molar-refractivity contribution in [2.45, 2.75) is 66.8 Å². The topological polar surface area (TPSA) is 32.3 Å². The highest BCUT2D eigenvalue weighted by atomic mass is 16.2. The minimum Gasteiger partial charge on any atom is -0.343 e. The van der Waals surface area contributed by atoms with Gasteiger partial charge < -0.3 is 10.2 Å². The van der Waals surface area contributed by atoms with Gasteiger partial charge in [-0.15, -0.1) is 0 Å². The van der Waals surface area contributed by atoms with E-state index in [-0.39, 0.29) is 5.91 Å². The monoisotopic (exact) mass is 270 g/mol. The lowest BCUT2D eigenvalue weighted by molar-refractivity contribution is -0.130. The van der Waals surface area contributed by atoms with Gasteiger partial charge in [0.25, 0.3) is 0 Å². The molecule has 0 rings (SSSR count). The van der Waals surface area contributed by atoms with Gasteiger partial charge in [-0.2, -0.15) is 0 Å². The molecule has 0 radical (unpaired) electrons. The molecule has 19 heavy (non-hydrogen) atoms. The Morgan fingerprint density at radius 2 is 1.47 bits per heavy atom. The van der Waals surface area contributed by atoms with E-state index in [1.165, 1.54) is 12.8 Å². The Bertz CT molecular complexity index is 225. The first-order valence-corrected chi connectivity index (χ1v) is 7.91. The van der Waals surface area contributed by atoms with Crippen molar-refractivity contribution in [1.82, 2.24) is 10.2 Å². The van der Waals surface area contributed by atoms with Gasteiger partial charge in [0, 0.05) is 32.1 Å². The zero-order valence-electron chi connectivity index (χ0n) is 13.8. The van der Waals surface area contributed by atoms with Crippen LogP contribution in [-0.2, 0) is 4.79 Å². The summed E-state index contributed by atoms with van der Waals surface area (Å²) in [5.41, 5.74) is 0. The van der Waals surface area contributed by atoms with Gasteiger partial charge in [0.1, 0.15) is 0 Å². The summed E-state index contributed by atoms with van der Waals surface area (Å²) in [5.74, 6) is 1.68. The molecule has 0 fully saturated rings. The van der Waals surface area contributed by atoms with E-state index in [9.17, 15) is 4.79 Å². The standard InChI is InChI=1S/C16H34N2O/c1-7-18(8-2)16(19)9-10-17-15(11-13(3)4)12-14(5)6/h13-15,17H,7-12H2,1-6H3. The van der Waals surface area contributed by atoms with E-state index in [0.29, 0.717) is 24.3 Å². The highest BCUT2D eigenvalue weighted by Crippen LogP contribution is 2.13. The van der Waals surface area contributed by atoms with Crippen LogP contribution in [-0.4, -0.2) is 36.5 Å². The molecule has 3 heteroatoms. The SMILES string of the molecule is CCN(CC)C(=O)CCNC(CC(C)C)CC(C)C. The number of hydrogen-bond donors (Lipinski definition) is 1. The second-order valence-corrected chi connectivity index (χ2v) is 6.23. The number of nitrogens with one attached hydrogen (secondary N) is 1. The molecule has 0 aliphatic heterocycles. The zero-order chi connectivity index (χ0) is 14.8. The van der Waals surface area contributed by atoms with Crippen LogP contribution in [0.5, 0.6) is 0 Å². The van der Waals surface area contributed by atoms with E-state index < -0.39 is 0 Å². The van der Waals surface area contributed by atoms with Crippen molar-refractivity contribution >= 4 is 5.91 Å². The number of amides is 1. The number of carbonyl (C=O) groups is 1. The first kappa shape index (κ1) is 18.4. The molecule has 1 amide bonds. The highest BCUT2D eigenvalue weighted by Gasteiger charge is 2.14. The van der Waals surface area contributed by atoms with Crippen molar-refractivity contribution < 1.29 is 4.79 Å². The molecule has 0 aliphatic carbocycles. The molecule has 1 N–H and O–H groups in total. The zero-order valence-corrected chi connectivity index (χ0v) is 13.8. The van der Waals surface area contributed by atoms with Crippen LogP contribution in [0.3, 0.4) is 0 Å². The third kappa shape index (κ3) is 9.04. The maximum Gasteiger partial charge on any atom is 0.223 e. The Labute approximate surface area is 120 Å². The molecule has 0 aromatic heterocycles. The van der Waals surface area contributed by atoms with Crippen molar-refractivity contribution in [3.63, 3.8) is 0 Å². The summed E-state index contributed by atoms with van der Waals surface area (Å²) in [6.07, 6.45) is 3.00. The van der Waals surface area contributed by atoms with Gasteiger partial charge >= 0.3 is 0 Å². The molecule has 0 spiro atoms. The molecule has 0 saturated heterocycles. The molecule has 0 atom stereocenters. The molecular weight excluding hydrogens is 236 g/mol. The molecule has 0 bridgehead atoms. The van der Waals surface area contributed by atoms with Gasteiger partial charge in [0.2, 0.25) is 5.91 Å². The van der Waals surface area contributed by atoms with Crippen molar-refractivity contribution in [2.24, 2.45) is 11.8 Å². The van der Waals surface area contributed by atoms with Gasteiger partial charge in [-0.3, -0.25) is 4.79 Å². The minimum absolute atomic E-state index is 0.269. The summed E-state index contributed by atoms with van der Waals surface area (Å²) in [5, 5.41) is 3.57. The smallest absolute Gasteiger partial charge is 0.223 e. The molecule has 0 aliphatic rings. The fourth-order valence-electron chi connectivity index (χ4n) is 2.52. The predicted octanol–water partition coefficient (Wildman–Crippen LogP) is 3.30. The van der Waals surface area contributed by atoms with Crippen molar-refractivity contribution in [3.8, 4) is 0 Å². The van der Waals surface area contributed by atoms with E-state index in [2.05, 4.69) is 33.0 Å². The lowest BCUT2D eigenvalue weighted by Gasteiger charge is -2.23. The Balaban J connectivity index is 4.06. The van der Waals surface area contributed by atoms with Gasteiger partial charge in [-0.05, 0) is 38.5 Å². The number of hydrogen-bond acceptors (Lipinski definition) is 2. The van der Waals surface area contributed by atoms with Crippen LogP contribution in [0.25, 0.3) is 0 Å². The summed E-state index contributed by atoms with van der Waals surface area (Å²) in [6.45, 7) is 15.6. The van der Waals surface area contributed by atoms with E-state index in [1.54, 1.807) is 0 Å². The predicted molar refractivity (Wildman–Crippen MR) is 83.2 cm³/mol. The van der Waals surface area contributed by atoms with Crippen LogP contribution in [0.15, 0.2) is 0 Å². The van der Waals surface area contributed by atoms with Gasteiger partial charge in [-0.25, -0.2) is 0 Å². The molecule has 0 saturated carbocycles. The van der Waals surface area contributed by atoms with Crippen molar-refractivity contribution in [3.05, 3.63) is 0 Å². The largest absolute Gasteiger partial charge is 0.343 e. The van der Waals surface area contributed by atoms with Gasteiger partial charge in [0.15, 0.2) is 0 Å². The van der Waals surface area contributed by atoms with Gasteiger partial charge in [-0.1, -0.05) is 27.7 Å². The Morgan fingerprint density at radius 3 is 1.84 bits per heavy atom. The average Bonchev–Trinajstić information content (AvgIpc) is 2.28. The normalized spacial score (nSPS) is 11.6. The summed E-state index contributed by atoms with van der Waals surface area (Å²) >= 11 is 0. The van der Waals surface area contributed by atoms with Crippen LogP contribution in [0.4, 0.5) is 0 Å². The van der Waals surface area contributed by atoms with E-state index in [1.807, 2.05) is 18.7 Å². The van der Waals surface area contributed by atoms with E-state index in [4.69, 9.17) is 0 Å². The van der Waals surface area contributed by atoms with Crippen LogP contribution < -0.4 is 5.32 Å². The summed E-state index contributed by atoms with van der Waals surface area (Å²) in [7, 11) is 0. The van der Waals surface area contributed by atoms with Crippen LogP contribution in [0, 0.1) is 11.8 Å².